The molecule has 3 heteroatoms. The lowest BCUT2D eigenvalue weighted by Crippen LogP contribution is -2.40. The zero-order valence-corrected chi connectivity index (χ0v) is 11.3. The summed E-state index contributed by atoms with van der Waals surface area (Å²) in [4.78, 5) is 14.8. The summed E-state index contributed by atoms with van der Waals surface area (Å²) in [5.74, 6) is 0.732. The Morgan fingerprint density at radius 2 is 1.83 bits per heavy atom. The Hall–Kier alpha value is -0.570. The molecule has 1 spiro atoms. The topological polar surface area (TPSA) is 29.5 Å². The Morgan fingerprint density at radius 3 is 2.50 bits per heavy atom. The van der Waals surface area contributed by atoms with Crippen LogP contribution in [0.2, 0.25) is 0 Å². The van der Waals surface area contributed by atoms with Gasteiger partial charge in [-0.3, -0.25) is 4.79 Å². The van der Waals surface area contributed by atoms with Gasteiger partial charge in [0.2, 0.25) is 5.91 Å². The van der Waals surface area contributed by atoms with Gasteiger partial charge in [0.1, 0.15) is 0 Å². The molecular formula is C15H25NO2. The van der Waals surface area contributed by atoms with E-state index in [1.807, 2.05) is 0 Å². The molecule has 3 nitrogen and oxygen atoms in total. The van der Waals surface area contributed by atoms with Crippen LogP contribution in [0, 0.1) is 11.3 Å². The standard InChI is InChI=1S/C15H25NO2/c17-14(13-5-3-1-2-4-6-13)16-9-10-18-12-15(11-16)7-8-15/h13H,1-12H2. The normalized spacial score (nSPS) is 28.8. The predicted octanol–water partition coefficient (Wildman–Crippen LogP) is 2.60. The van der Waals surface area contributed by atoms with Gasteiger partial charge in [-0.1, -0.05) is 25.7 Å². The van der Waals surface area contributed by atoms with Gasteiger partial charge in [-0.25, -0.2) is 0 Å². The van der Waals surface area contributed by atoms with Gasteiger partial charge in [-0.05, 0) is 25.7 Å². The Balaban J connectivity index is 1.62. The molecule has 1 amide bonds. The number of rotatable bonds is 1. The largest absolute Gasteiger partial charge is 0.379 e. The molecule has 102 valence electrons. The minimum absolute atomic E-state index is 0.307. The third kappa shape index (κ3) is 2.71. The van der Waals surface area contributed by atoms with Gasteiger partial charge >= 0.3 is 0 Å². The molecule has 0 N–H and O–H groups in total. The summed E-state index contributed by atoms with van der Waals surface area (Å²) < 4.78 is 5.67. The SMILES string of the molecule is O=C(C1CCCCCC1)N1CCOCC2(CC2)C1. The maximum Gasteiger partial charge on any atom is 0.225 e. The van der Waals surface area contributed by atoms with Crippen LogP contribution in [-0.2, 0) is 9.53 Å². The Morgan fingerprint density at radius 1 is 1.11 bits per heavy atom. The van der Waals surface area contributed by atoms with Crippen molar-refractivity contribution in [1.29, 1.82) is 0 Å². The van der Waals surface area contributed by atoms with Crippen molar-refractivity contribution < 1.29 is 9.53 Å². The van der Waals surface area contributed by atoms with Crippen LogP contribution in [0.25, 0.3) is 0 Å². The van der Waals surface area contributed by atoms with Crippen LogP contribution in [-0.4, -0.2) is 37.1 Å². The van der Waals surface area contributed by atoms with Crippen LogP contribution in [0.15, 0.2) is 0 Å². The molecule has 0 unspecified atom stereocenters. The first-order chi connectivity index (χ1) is 8.79. The molecule has 0 bridgehead atoms. The Bertz CT molecular complexity index is 304. The molecule has 0 atom stereocenters. The van der Waals surface area contributed by atoms with E-state index in [1.165, 1.54) is 38.5 Å². The van der Waals surface area contributed by atoms with Crippen molar-refractivity contribution in [3.63, 3.8) is 0 Å². The number of amides is 1. The van der Waals surface area contributed by atoms with E-state index >= 15 is 0 Å². The maximum atomic E-state index is 12.6. The second-order valence-electron chi connectivity index (χ2n) is 6.50. The summed E-state index contributed by atoms with van der Waals surface area (Å²) in [5.41, 5.74) is 0.344. The lowest BCUT2D eigenvalue weighted by molar-refractivity contribution is -0.136. The molecule has 3 aliphatic rings. The van der Waals surface area contributed by atoms with Crippen LogP contribution in [0.3, 0.4) is 0 Å². The van der Waals surface area contributed by atoms with E-state index < -0.39 is 0 Å². The molecular weight excluding hydrogens is 226 g/mol. The summed E-state index contributed by atoms with van der Waals surface area (Å²) in [7, 11) is 0. The first-order valence-electron chi connectivity index (χ1n) is 7.66. The first-order valence-corrected chi connectivity index (χ1v) is 7.66. The number of hydrogen-bond acceptors (Lipinski definition) is 2. The molecule has 2 aliphatic carbocycles. The number of hydrogen-bond donors (Lipinski definition) is 0. The quantitative estimate of drug-likeness (QED) is 0.670. The third-order valence-electron chi connectivity index (χ3n) is 4.91. The van der Waals surface area contributed by atoms with E-state index in [1.54, 1.807) is 0 Å². The first kappa shape index (κ1) is 12.5. The van der Waals surface area contributed by atoms with Gasteiger partial charge in [0.25, 0.3) is 0 Å². The predicted molar refractivity (Wildman–Crippen MR) is 70.3 cm³/mol. The highest BCUT2D eigenvalue weighted by molar-refractivity contribution is 5.79. The summed E-state index contributed by atoms with van der Waals surface area (Å²) >= 11 is 0. The minimum atomic E-state index is 0.307. The van der Waals surface area contributed by atoms with E-state index in [4.69, 9.17) is 4.74 Å². The van der Waals surface area contributed by atoms with Gasteiger partial charge in [-0.15, -0.1) is 0 Å². The number of ether oxygens (including phenoxy) is 1. The highest BCUT2D eigenvalue weighted by Crippen LogP contribution is 2.47. The molecule has 18 heavy (non-hydrogen) atoms. The van der Waals surface area contributed by atoms with E-state index in [9.17, 15) is 4.79 Å². The highest BCUT2D eigenvalue weighted by atomic mass is 16.5. The molecule has 0 radical (unpaired) electrons. The van der Waals surface area contributed by atoms with E-state index in [0.717, 1.165) is 39.1 Å². The molecule has 0 aromatic carbocycles. The van der Waals surface area contributed by atoms with Crippen molar-refractivity contribution in [3.8, 4) is 0 Å². The fourth-order valence-electron chi connectivity index (χ4n) is 3.44. The monoisotopic (exact) mass is 251 g/mol. The average molecular weight is 251 g/mol. The zero-order valence-electron chi connectivity index (χ0n) is 11.3. The lowest BCUT2D eigenvalue weighted by Gasteiger charge is -2.27. The molecule has 3 rings (SSSR count). The fourth-order valence-corrected chi connectivity index (χ4v) is 3.44. The van der Waals surface area contributed by atoms with Crippen molar-refractivity contribution in [2.24, 2.45) is 11.3 Å². The van der Waals surface area contributed by atoms with Crippen molar-refractivity contribution in [2.45, 2.75) is 51.4 Å². The lowest BCUT2D eigenvalue weighted by atomic mass is 9.97. The number of carbonyl (C=O) groups is 1. The average Bonchev–Trinajstić information content (AvgIpc) is 3.19. The van der Waals surface area contributed by atoms with Crippen molar-refractivity contribution in [2.75, 3.05) is 26.3 Å². The molecule has 1 saturated heterocycles. The number of carbonyl (C=O) groups excluding carboxylic acids is 1. The summed E-state index contributed by atoms with van der Waals surface area (Å²) in [6, 6.07) is 0. The van der Waals surface area contributed by atoms with Crippen molar-refractivity contribution in [1.82, 2.24) is 4.90 Å². The Kier molecular flexibility index (Phi) is 3.60. The van der Waals surface area contributed by atoms with E-state index in [-0.39, 0.29) is 0 Å². The van der Waals surface area contributed by atoms with Crippen molar-refractivity contribution in [3.05, 3.63) is 0 Å². The molecule has 0 aromatic rings. The third-order valence-corrected chi connectivity index (χ3v) is 4.91. The van der Waals surface area contributed by atoms with Gasteiger partial charge < -0.3 is 9.64 Å². The van der Waals surface area contributed by atoms with E-state index in [0.29, 0.717) is 17.2 Å². The second-order valence-corrected chi connectivity index (χ2v) is 6.50. The van der Waals surface area contributed by atoms with Gasteiger partial charge in [-0.2, -0.15) is 0 Å². The summed E-state index contributed by atoms with van der Waals surface area (Å²) in [5, 5.41) is 0. The Labute approximate surface area is 110 Å². The van der Waals surface area contributed by atoms with Crippen LogP contribution in [0.4, 0.5) is 0 Å². The fraction of sp³-hybridized carbons (Fsp3) is 0.933. The molecule has 1 aliphatic heterocycles. The van der Waals surface area contributed by atoms with Crippen molar-refractivity contribution >= 4 is 5.91 Å². The van der Waals surface area contributed by atoms with Gasteiger partial charge in [0, 0.05) is 24.4 Å². The van der Waals surface area contributed by atoms with E-state index in [2.05, 4.69) is 4.90 Å². The van der Waals surface area contributed by atoms with Gasteiger partial charge in [0.05, 0.1) is 13.2 Å². The smallest absolute Gasteiger partial charge is 0.225 e. The second kappa shape index (κ2) is 5.20. The minimum Gasteiger partial charge on any atom is -0.379 e. The zero-order chi connectivity index (χ0) is 12.4. The summed E-state index contributed by atoms with van der Waals surface area (Å²) in [6.45, 7) is 3.39. The van der Waals surface area contributed by atoms with Gasteiger partial charge in [0.15, 0.2) is 0 Å². The molecule has 3 fully saturated rings. The highest BCUT2D eigenvalue weighted by Gasteiger charge is 2.46. The summed E-state index contributed by atoms with van der Waals surface area (Å²) in [6.07, 6.45) is 9.85. The molecule has 0 aromatic heterocycles. The van der Waals surface area contributed by atoms with Crippen LogP contribution < -0.4 is 0 Å². The molecule has 2 saturated carbocycles. The number of nitrogens with zero attached hydrogens (tertiary/aromatic N) is 1. The molecule has 1 heterocycles. The van der Waals surface area contributed by atoms with Crippen LogP contribution in [0.1, 0.15) is 51.4 Å². The van der Waals surface area contributed by atoms with Crippen LogP contribution >= 0.6 is 0 Å². The van der Waals surface area contributed by atoms with Crippen LogP contribution in [0.5, 0.6) is 0 Å². The maximum absolute atomic E-state index is 12.6.